The molecule has 3 N–H and O–H groups in total. The number of nitrogens with two attached hydrogens (primary N) is 1. The summed E-state index contributed by atoms with van der Waals surface area (Å²) in [5.74, 6) is 0.579. The predicted molar refractivity (Wildman–Crippen MR) is 77.0 cm³/mol. The lowest BCUT2D eigenvalue weighted by Crippen LogP contribution is -2.41. The number of amides is 1. The van der Waals surface area contributed by atoms with E-state index in [1.165, 1.54) is 0 Å². The first-order chi connectivity index (χ1) is 8.86. The maximum absolute atomic E-state index is 11.3. The van der Waals surface area contributed by atoms with Gasteiger partial charge in [-0.15, -0.1) is 0 Å². The number of primary amides is 1. The van der Waals surface area contributed by atoms with Gasteiger partial charge in [0.05, 0.1) is 12.0 Å². The number of rotatable bonds is 7. The lowest BCUT2D eigenvalue weighted by molar-refractivity contribution is -0.125. The Hall–Kier alpha value is -1.55. The van der Waals surface area contributed by atoms with Crippen LogP contribution in [0.2, 0.25) is 0 Å². The molecule has 0 heterocycles. The molecule has 0 spiro atoms. The van der Waals surface area contributed by atoms with Gasteiger partial charge in [-0.3, -0.25) is 4.79 Å². The van der Waals surface area contributed by atoms with Crippen LogP contribution in [0.15, 0.2) is 24.3 Å². The van der Waals surface area contributed by atoms with Crippen LogP contribution in [0.3, 0.4) is 0 Å². The molecule has 0 aromatic heterocycles. The number of nitrogens with one attached hydrogen (secondary N) is 1. The second-order valence-electron chi connectivity index (χ2n) is 5.35. The Labute approximate surface area is 115 Å². The van der Waals surface area contributed by atoms with E-state index in [9.17, 15) is 4.79 Å². The third-order valence-corrected chi connectivity index (χ3v) is 3.21. The molecule has 4 nitrogen and oxygen atoms in total. The predicted octanol–water partition coefficient (Wildman–Crippen LogP) is 2.25. The first kappa shape index (κ1) is 15.5. The molecule has 1 aromatic rings. The minimum Gasteiger partial charge on any atom is -0.494 e. The summed E-state index contributed by atoms with van der Waals surface area (Å²) in [5, 5.41) is 3.33. The van der Waals surface area contributed by atoms with E-state index >= 15 is 0 Å². The van der Waals surface area contributed by atoms with E-state index in [0.717, 1.165) is 11.3 Å². The van der Waals surface area contributed by atoms with Crippen molar-refractivity contribution in [1.82, 2.24) is 5.32 Å². The van der Waals surface area contributed by atoms with E-state index in [2.05, 4.69) is 12.2 Å². The Balaban J connectivity index is 2.58. The molecule has 106 valence electrons. The van der Waals surface area contributed by atoms with Gasteiger partial charge in [0.2, 0.25) is 5.91 Å². The minimum absolute atomic E-state index is 0.161. The van der Waals surface area contributed by atoms with Gasteiger partial charge < -0.3 is 15.8 Å². The van der Waals surface area contributed by atoms with Gasteiger partial charge in [0.1, 0.15) is 5.75 Å². The lowest BCUT2D eigenvalue weighted by Gasteiger charge is -2.24. The Morgan fingerprint density at radius 2 is 1.95 bits per heavy atom. The maximum atomic E-state index is 11.3. The molecule has 4 heteroatoms. The molecule has 0 aliphatic carbocycles. The van der Waals surface area contributed by atoms with Crippen molar-refractivity contribution in [3.63, 3.8) is 0 Å². The van der Waals surface area contributed by atoms with Gasteiger partial charge in [-0.05, 0) is 45.4 Å². The van der Waals surface area contributed by atoms with Gasteiger partial charge in [0.25, 0.3) is 0 Å². The zero-order valence-corrected chi connectivity index (χ0v) is 12.2. The highest BCUT2D eigenvalue weighted by Gasteiger charge is 2.25. The van der Waals surface area contributed by atoms with Gasteiger partial charge in [-0.1, -0.05) is 12.1 Å². The summed E-state index contributed by atoms with van der Waals surface area (Å²) < 4.78 is 5.40. The van der Waals surface area contributed by atoms with Crippen molar-refractivity contribution in [2.75, 3.05) is 13.2 Å². The Bertz CT molecular complexity index is 413. The third-order valence-electron chi connectivity index (χ3n) is 3.21. The molecule has 1 atom stereocenters. The van der Waals surface area contributed by atoms with Crippen LogP contribution >= 0.6 is 0 Å². The summed E-state index contributed by atoms with van der Waals surface area (Å²) >= 11 is 0. The van der Waals surface area contributed by atoms with Crippen molar-refractivity contribution in [1.29, 1.82) is 0 Å². The average Bonchev–Trinajstić information content (AvgIpc) is 2.37. The molecule has 19 heavy (non-hydrogen) atoms. The summed E-state index contributed by atoms with van der Waals surface area (Å²) in [6, 6.07) is 8.13. The minimum atomic E-state index is -0.542. The topological polar surface area (TPSA) is 64.3 Å². The molecule has 1 unspecified atom stereocenters. The van der Waals surface area contributed by atoms with Gasteiger partial charge in [-0.2, -0.15) is 0 Å². The van der Waals surface area contributed by atoms with Gasteiger partial charge in [0, 0.05) is 12.6 Å². The molecular weight excluding hydrogens is 240 g/mol. The Kier molecular flexibility index (Phi) is 5.36. The van der Waals surface area contributed by atoms with E-state index in [1.807, 2.05) is 45.0 Å². The second-order valence-corrected chi connectivity index (χ2v) is 5.35. The van der Waals surface area contributed by atoms with E-state index in [4.69, 9.17) is 10.5 Å². The van der Waals surface area contributed by atoms with Crippen LogP contribution in [-0.4, -0.2) is 19.1 Å². The summed E-state index contributed by atoms with van der Waals surface area (Å²) in [6.07, 6.45) is 0. The molecule has 0 fully saturated rings. The van der Waals surface area contributed by atoms with Crippen molar-refractivity contribution in [2.45, 2.75) is 33.7 Å². The molecular formula is C15H24N2O2. The van der Waals surface area contributed by atoms with Crippen LogP contribution in [0, 0.1) is 5.41 Å². The lowest BCUT2D eigenvalue weighted by atomic mass is 9.92. The summed E-state index contributed by atoms with van der Waals surface area (Å²) in [7, 11) is 0. The van der Waals surface area contributed by atoms with Crippen LogP contribution in [0.5, 0.6) is 5.75 Å². The number of carbonyl (C=O) groups excluding carboxylic acids is 1. The molecule has 0 saturated carbocycles. The van der Waals surface area contributed by atoms with Gasteiger partial charge in [0.15, 0.2) is 0 Å². The van der Waals surface area contributed by atoms with E-state index in [1.54, 1.807) is 0 Å². The van der Waals surface area contributed by atoms with Crippen molar-refractivity contribution in [2.24, 2.45) is 11.1 Å². The van der Waals surface area contributed by atoms with Gasteiger partial charge >= 0.3 is 0 Å². The molecule has 1 aromatic carbocycles. The second kappa shape index (κ2) is 6.57. The fraction of sp³-hybridized carbons (Fsp3) is 0.533. The largest absolute Gasteiger partial charge is 0.494 e. The maximum Gasteiger partial charge on any atom is 0.224 e. The normalized spacial score (nSPS) is 13.1. The van der Waals surface area contributed by atoms with Gasteiger partial charge in [-0.25, -0.2) is 0 Å². The first-order valence-electron chi connectivity index (χ1n) is 6.63. The number of ether oxygens (including phenoxy) is 1. The SMILES string of the molecule is CCOc1ccc(C(C)NCC(C)(C)C(N)=O)cc1. The zero-order valence-electron chi connectivity index (χ0n) is 12.2. The summed E-state index contributed by atoms with van der Waals surface area (Å²) in [4.78, 5) is 11.3. The van der Waals surface area contributed by atoms with Crippen LogP contribution in [-0.2, 0) is 4.79 Å². The van der Waals surface area contributed by atoms with Crippen LogP contribution in [0.1, 0.15) is 39.3 Å². The quantitative estimate of drug-likeness (QED) is 0.794. The summed E-state index contributed by atoms with van der Waals surface area (Å²) in [5.41, 5.74) is 5.97. The van der Waals surface area contributed by atoms with E-state index in [0.29, 0.717) is 13.2 Å². The third kappa shape index (κ3) is 4.56. The number of hydrogen-bond acceptors (Lipinski definition) is 3. The highest BCUT2D eigenvalue weighted by molar-refractivity contribution is 5.80. The Morgan fingerprint density at radius 3 is 2.42 bits per heavy atom. The standard InChI is InChI=1S/C15H24N2O2/c1-5-19-13-8-6-12(7-9-13)11(2)17-10-15(3,4)14(16)18/h6-9,11,17H,5,10H2,1-4H3,(H2,16,18). The molecule has 0 radical (unpaired) electrons. The molecule has 0 saturated heterocycles. The van der Waals surface area contributed by atoms with E-state index in [-0.39, 0.29) is 11.9 Å². The molecule has 1 rings (SSSR count). The van der Waals surface area contributed by atoms with Crippen molar-refractivity contribution >= 4 is 5.91 Å². The van der Waals surface area contributed by atoms with Crippen LogP contribution < -0.4 is 15.8 Å². The van der Waals surface area contributed by atoms with Crippen LogP contribution in [0.25, 0.3) is 0 Å². The van der Waals surface area contributed by atoms with E-state index < -0.39 is 5.41 Å². The smallest absolute Gasteiger partial charge is 0.224 e. The Morgan fingerprint density at radius 1 is 1.37 bits per heavy atom. The monoisotopic (exact) mass is 264 g/mol. The number of carbonyl (C=O) groups is 1. The fourth-order valence-corrected chi connectivity index (χ4v) is 1.63. The first-order valence-corrected chi connectivity index (χ1v) is 6.63. The van der Waals surface area contributed by atoms with Crippen molar-refractivity contribution < 1.29 is 9.53 Å². The molecule has 0 aliphatic heterocycles. The highest BCUT2D eigenvalue weighted by Crippen LogP contribution is 2.19. The fourth-order valence-electron chi connectivity index (χ4n) is 1.63. The summed E-state index contributed by atoms with van der Waals surface area (Å²) in [6.45, 7) is 8.92. The van der Waals surface area contributed by atoms with Crippen molar-refractivity contribution in [3.05, 3.63) is 29.8 Å². The highest BCUT2D eigenvalue weighted by atomic mass is 16.5. The van der Waals surface area contributed by atoms with Crippen molar-refractivity contribution in [3.8, 4) is 5.75 Å². The number of hydrogen-bond donors (Lipinski definition) is 2. The average molecular weight is 264 g/mol. The molecule has 0 bridgehead atoms. The molecule has 1 amide bonds. The molecule has 0 aliphatic rings. The number of benzene rings is 1. The van der Waals surface area contributed by atoms with Crippen LogP contribution in [0.4, 0.5) is 0 Å². The zero-order chi connectivity index (χ0) is 14.5.